The van der Waals surface area contributed by atoms with Crippen molar-refractivity contribution in [1.29, 1.82) is 0 Å². The van der Waals surface area contributed by atoms with Crippen molar-refractivity contribution < 1.29 is 9.53 Å². The van der Waals surface area contributed by atoms with Gasteiger partial charge in [-0.25, -0.2) is 0 Å². The Hall–Kier alpha value is -0.671. The SMILES string of the molecule is CC(C)(C)OC(=O)N1CCC[C@H]1c1nc(-c2n[c]([Sn]([CH3])([CH3])[CH3])cs2)cs1. The second-order valence-corrected chi connectivity index (χ2v) is 24.7. The Balaban J connectivity index is 1.78. The number of hydrogen-bond acceptors (Lipinski definition) is 6. The molecule has 26 heavy (non-hydrogen) atoms. The Morgan fingerprint density at radius 1 is 1.23 bits per heavy atom. The van der Waals surface area contributed by atoms with Crippen LogP contribution >= 0.6 is 22.7 Å². The van der Waals surface area contributed by atoms with Crippen molar-refractivity contribution in [2.45, 2.75) is 60.1 Å². The van der Waals surface area contributed by atoms with E-state index < -0.39 is 24.0 Å². The number of amides is 1. The molecule has 0 radical (unpaired) electrons. The zero-order valence-corrected chi connectivity index (χ0v) is 20.8. The first-order chi connectivity index (χ1) is 12.0. The van der Waals surface area contributed by atoms with E-state index in [-0.39, 0.29) is 12.1 Å². The summed E-state index contributed by atoms with van der Waals surface area (Å²) in [4.78, 5) is 31.1. The normalized spacial score (nSPS) is 18.4. The minimum absolute atomic E-state index is 0.0184. The van der Waals surface area contributed by atoms with Gasteiger partial charge in [0.05, 0.1) is 0 Å². The van der Waals surface area contributed by atoms with E-state index in [1.54, 1.807) is 22.7 Å². The maximum absolute atomic E-state index is 12.5. The monoisotopic (exact) mass is 501 g/mol. The number of rotatable bonds is 3. The van der Waals surface area contributed by atoms with Gasteiger partial charge in [0, 0.05) is 0 Å². The fraction of sp³-hybridized carbons (Fsp3) is 0.611. The second-order valence-electron chi connectivity index (χ2n) is 8.69. The molecule has 142 valence electrons. The van der Waals surface area contributed by atoms with Gasteiger partial charge in [0.1, 0.15) is 0 Å². The quantitative estimate of drug-likeness (QED) is 0.564. The van der Waals surface area contributed by atoms with Crippen LogP contribution in [-0.2, 0) is 4.74 Å². The number of hydrogen-bond donors (Lipinski definition) is 0. The van der Waals surface area contributed by atoms with Gasteiger partial charge in [-0.15, -0.1) is 0 Å². The summed E-state index contributed by atoms with van der Waals surface area (Å²) < 4.78 is 6.86. The van der Waals surface area contributed by atoms with Crippen LogP contribution in [0, 0.1) is 0 Å². The van der Waals surface area contributed by atoms with Crippen molar-refractivity contribution in [1.82, 2.24) is 14.9 Å². The fourth-order valence-corrected chi connectivity index (χ4v) is 9.91. The predicted molar refractivity (Wildman–Crippen MR) is 111 cm³/mol. The van der Waals surface area contributed by atoms with E-state index in [0.717, 1.165) is 35.1 Å². The van der Waals surface area contributed by atoms with Crippen LogP contribution in [-0.4, -0.2) is 51.5 Å². The summed E-state index contributed by atoms with van der Waals surface area (Å²) in [5.74, 6) is 0. The average molecular weight is 500 g/mol. The molecule has 5 nitrogen and oxygen atoms in total. The van der Waals surface area contributed by atoms with Crippen LogP contribution in [0.1, 0.15) is 44.7 Å². The molecule has 1 aliphatic heterocycles. The molecule has 0 saturated carbocycles. The standard InChI is InChI=1S/C15H18N3O2S2.3CH3.Sn/c1-15(2,3)20-14(19)18-7-4-5-11(18)13-17-10(9-22-13)12-16-6-8-21-12;;;;/h8-9,11H,4-5,7H2,1-3H3;3*1H3;/t11-;;;;/m0..../s1. The molecule has 1 atom stereocenters. The summed E-state index contributed by atoms with van der Waals surface area (Å²) in [5, 5.41) is 6.25. The van der Waals surface area contributed by atoms with E-state index in [2.05, 4.69) is 25.6 Å². The number of carbonyl (C=O) groups excluding carboxylic acids is 1. The first-order valence-electron chi connectivity index (χ1n) is 8.96. The van der Waals surface area contributed by atoms with Crippen molar-refractivity contribution in [2.24, 2.45) is 0 Å². The van der Waals surface area contributed by atoms with E-state index in [1.165, 1.54) is 3.71 Å². The zero-order chi connectivity index (χ0) is 19.1. The van der Waals surface area contributed by atoms with Gasteiger partial charge < -0.3 is 0 Å². The molecular formula is C18H27N3O2S2Sn. The van der Waals surface area contributed by atoms with Crippen LogP contribution in [0.3, 0.4) is 0 Å². The molecule has 1 aliphatic rings. The molecule has 1 amide bonds. The third-order valence-electron chi connectivity index (χ3n) is 4.18. The molecule has 3 heterocycles. The van der Waals surface area contributed by atoms with Gasteiger partial charge >= 0.3 is 168 Å². The Morgan fingerprint density at radius 3 is 2.58 bits per heavy atom. The molecule has 0 N–H and O–H groups in total. The van der Waals surface area contributed by atoms with Gasteiger partial charge in [-0.3, -0.25) is 0 Å². The van der Waals surface area contributed by atoms with E-state index in [4.69, 9.17) is 14.7 Å². The zero-order valence-electron chi connectivity index (χ0n) is 16.3. The second kappa shape index (κ2) is 7.39. The van der Waals surface area contributed by atoms with E-state index in [0.29, 0.717) is 0 Å². The van der Waals surface area contributed by atoms with Crippen LogP contribution in [0.5, 0.6) is 0 Å². The topological polar surface area (TPSA) is 55.3 Å². The Labute approximate surface area is 167 Å². The van der Waals surface area contributed by atoms with Gasteiger partial charge in [0.2, 0.25) is 0 Å². The van der Waals surface area contributed by atoms with Gasteiger partial charge in [-0.05, 0) is 0 Å². The molecule has 3 rings (SSSR count). The van der Waals surface area contributed by atoms with Crippen molar-refractivity contribution in [3.63, 3.8) is 0 Å². The number of ether oxygens (including phenoxy) is 1. The van der Waals surface area contributed by atoms with Crippen LogP contribution in [0.2, 0.25) is 14.8 Å². The number of carbonyl (C=O) groups is 1. The predicted octanol–water partition coefficient (Wildman–Crippen LogP) is 4.88. The third-order valence-corrected chi connectivity index (χ3v) is 11.7. The summed E-state index contributed by atoms with van der Waals surface area (Å²) >= 11 is 1.16. The molecule has 0 aromatic carbocycles. The molecule has 2 aromatic heterocycles. The summed E-state index contributed by atoms with van der Waals surface area (Å²) in [6.07, 6.45) is 1.68. The Bertz CT molecular complexity index is 789. The molecule has 0 bridgehead atoms. The molecule has 2 aromatic rings. The molecule has 1 saturated heterocycles. The summed E-state index contributed by atoms with van der Waals surface area (Å²) in [6.45, 7) is 6.43. The van der Waals surface area contributed by atoms with Crippen molar-refractivity contribution in [2.75, 3.05) is 6.54 Å². The van der Waals surface area contributed by atoms with E-state index in [9.17, 15) is 4.79 Å². The molecule has 8 heteroatoms. The summed E-state index contributed by atoms with van der Waals surface area (Å²) in [7, 11) is 0. The Kier molecular flexibility index (Phi) is 5.71. The molecule has 0 spiro atoms. The molecular weight excluding hydrogens is 473 g/mol. The fourth-order valence-electron chi connectivity index (χ4n) is 2.84. The van der Waals surface area contributed by atoms with Crippen molar-refractivity contribution in [3.8, 4) is 10.7 Å². The van der Waals surface area contributed by atoms with E-state index >= 15 is 0 Å². The number of nitrogens with zero attached hydrogens (tertiary/aromatic N) is 3. The van der Waals surface area contributed by atoms with Crippen LogP contribution in [0.4, 0.5) is 4.79 Å². The molecule has 1 fully saturated rings. The van der Waals surface area contributed by atoms with Gasteiger partial charge in [0.15, 0.2) is 0 Å². The third kappa shape index (κ3) is 4.59. The van der Waals surface area contributed by atoms with Crippen LogP contribution in [0.25, 0.3) is 10.7 Å². The number of thiazole rings is 2. The van der Waals surface area contributed by atoms with Crippen molar-refractivity contribution in [3.05, 3.63) is 15.8 Å². The van der Waals surface area contributed by atoms with Crippen molar-refractivity contribution >= 4 is 50.9 Å². The first-order valence-corrected chi connectivity index (χ1v) is 20.7. The Morgan fingerprint density at radius 2 is 1.96 bits per heavy atom. The summed E-state index contributed by atoms with van der Waals surface area (Å²) in [5.41, 5.74) is 0.460. The summed E-state index contributed by atoms with van der Waals surface area (Å²) in [6, 6.07) is 0.0184. The van der Waals surface area contributed by atoms with Crippen LogP contribution in [0.15, 0.2) is 10.8 Å². The maximum atomic E-state index is 12.5. The van der Waals surface area contributed by atoms with Crippen LogP contribution < -0.4 is 3.71 Å². The van der Waals surface area contributed by atoms with Gasteiger partial charge in [-0.1, -0.05) is 0 Å². The average Bonchev–Trinajstić information content (AvgIpc) is 3.24. The first kappa shape index (κ1) is 20.1. The number of likely N-dealkylation sites (tertiary alicyclic amines) is 1. The van der Waals surface area contributed by atoms with Gasteiger partial charge in [0.25, 0.3) is 0 Å². The number of aromatic nitrogens is 2. The van der Waals surface area contributed by atoms with E-state index in [1.807, 2.05) is 25.7 Å². The molecule has 0 unspecified atom stereocenters. The molecule has 0 aliphatic carbocycles. The minimum atomic E-state index is -2.15. The van der Waals surface area contributed by atoms with Gasteiger partial charge in [-0.2, -0.15) is 0 Å².